The van der Waals surface area contributed by atoms with Crippen LogP contribution in [0.15, 0.2) is 18.2 Å². The minimum atomic E-state index is 0.670. The van der Waals surface area contributed by atoms with Crippen LogP contribution in [-0.4, -0.2) is 19.6 Å². The summed E-state index contributed by atoms with van der Waals surface area (Å²) in [6.07, 6.45) is 1.17. The van der Waals surface area contributed by atoms with Gasteiger partial charge in [-0.25, -0.2) is 0 Å². The van der Waals surface area contributed by atoms with Crippen LogP contribution >= 0.6 is 11.6 Å². The molecule has 17 heavy (non-hydrogen) atoms. The first kappa shape index (κ1) is 14.3. The molecule has 0 atom stereocenters. The third-order valence-corrected chi connectivity index (χ3v) is 3.30. The van der Waals surface area contributed by atoms with Crippen LogP contribution in [0, 0.1) is 12.8 Å². The van der Waals surface area contributed by atoms with Crippen LogP contribution in [0.4, 0.5) is 5.69 Å². The largest absolute Gasteiger partial charge is 0.370 e. The van der Waals surface area contributed by atoms with Crippen molar-refractivity contribution in [3.63, 3.8) is 0 Å². The Morgan fingerprint density at radius 2 is 2.00 bits per heavy atom. The Bertz CT molecular complexity index is 350. The topological polar surface area (TPSA) is 29.3 Å². The Kier molecular flexibility index (Phi) is 5.79. The van der Waals surface area contributed by atoms with Gasteiger partial charge in [0.25, 0.3) is 0 Å². The molecule has 0 aromatic heterocycles. The second-order valence-corrected chi connectivity index (χ2v) is 5.30. The Morgan fingerprint density at radius 1 is 1.29 bits per heavy atom. The van der Waals surface area contributed by atoms with Gasteiger partial charge in [0.1, 0.15) is 0 Å². The third kappa shape index (κ3) is 4.57. The van der Waals surface area contributed by atoms with Crippen LogP contribution in [0.25, 0.3) is 0 Å². The van der Waals surface area contributed by atoms with E-state index in [1.165, 1.54) is 12.1 Å². The Balaban J connectivity index is 2.77. The second kappa shape index (κ2) is 6.87. The van der Waals surface area contributed by atoms with E-state index in [2.05, 4.69) is 30.9 Å². The van der Waals surface area contributed by atoms with E-state index in [4.69, 9.17) is 17.3 Å². The van der Waals surface area contributed by atoms with Crippen LogP contribution in [-0.2, 0) is 0 Å². The molecular weight excluding hydrogens is 232 g/mol. The van der Waals surface area contributed by atoms with Gasteiger partial charge in [0.15, 0.2) is 0 Å². The van der Waals surface area contributed by atoms with Crippen molar-refractivity contribution in [3.05, 3.63) is 28.8 Å². The Hall–Kier alpha value is -0.730. The summed E-state index contributed by atoms with van der Waals surface area (Å²) in [5, 5.41) is 0.828. The lowest BCUT2D eigenvalue weighted by Gasteiger charge is -2.25. The van der Waals surface area contributed by atoms with Crippen LogP contribution in [0.5, 0.6) is 0 Å². The molecule has 0 aliphatic heterocycles. The average molecular weight is 255 g/mol. The van der Waals surface area contributed by atoms with Crippen LogP contribution < -0.4 is 10.6 Å². The lowest BCUT2D eigenvalue weighted by atomic mass is 10.1. The van der Waals surface area contributed by atoms with Gasteiger partial charge in [-0.3, -0.25) is 0 Å². The number of hydrogen-bond donors (Lipinski definition) is 1. The molecule has 0 radical (unpaired) electrons. The molecule has 1 aromatic rings. The summed E-state index contributed by atoms with van der Waals surface area (Å²) in [7, 11) is 0. The molecule has 0 saturated carbocycles. The predicted molar refractivity (Wildman–Crippen MR) is 76.9 cm³/mol. The monoisotopic (exact) mass is 254 g/mol. The molecule has 2 N–H and O–H groups in total. The van der Waals surface area contributed by atoms with Gasteiger partial charge in [-0.15, -0.1) is 0 Å². The lowest BCUT2D eigenvalue weighted by Crippen LogP contribution is -2.31. The van der Waals surface area contributed by atoms with Gasteiger partial charge in [-0.1, -0.05) is 31.5 Å². The number of hydrogen-bond acceptors (Lipinski definition) is 2. The van der Waals surface area contributed by atoms with E-state index in [1.807, 2.05) is 13.0 Å². The summed E-state index contributed by atoms with van der Waals surface area (Å²) >= 11 is 6.16. The van der Waals surface area contributed by atoms with E-state index in [9.17, 15) is 0 Å². The number of aryl methyl sites for hydroxylation is 1. The van der Waals surface area contributed by atoms with E-state index in [-0.39, 0.29) is 0 Å². The van der Waals surface area contributed by atoms with Crippen LogP contribution in [0.1, 0.15) is 25.8 Å². The molecule has 0 spiro atoms. The first-order valence-electron chi connectivity index (χ1n) is 6.25. The molecule has 0 amide bonds. The predicted octanol–water partition coefficient (Wildman–Crippen LogP) is 3.46. The van der Waals surface area contributed by atoms with Crippen molar-refractivity contribution in [2.75, 3.05) is 24.5 Å². The maximum absolute atomic E-state index is 6.16. The van der Waals surface area contributed by atoms with Crippen molar-refractivity contribution in [2.24, 2.45) is 11.7 Å². The van der Waals surface area contributed by atoms with Gasteiger partial charge < -0.3 is 10.6 Å². The molecule has 0 aliphatic carbocycles. The van der Waals surface area contributed by atoms with E-state index < -0.39 is 0 Å². The molecule has 0 heterocycles. The molecular formula is C14H23ClN2. The fourth-order valence-corrected chi connectivity index (χ4v) is 1.89. The molecule has 1 aromatic carbocycles. The van der Waals surface area contributed by atoms with E-state index >= 15 is 0 Å². The van der Waals surface area contributed by atoms with Gasteiger partial charge in [0.2, 0.25) is 0 Å². The van der Waals surface area contributed by atoms with Gasteiger partial charge in [-0.05, 0) is 37.0 Å². The number of anilines is 1. The highest BCUT2D eigenvalue weighted by Crippen LogP contribution is 2.23. The minimum Gasteiger partial charge on any atom is -0.370 e. The summed E-state index contributed by atoms with van der Waals surface area (Å²) in [5.41, 5.74) is 7.96. The van der Waals surface area contributed by atoms with Crippen molar-refractivity contribution < 1.29 is 0 Å². The highest BCUT2D eigenvalue weighted by Gasteiger charge is 2.08. The average Bonchev–Trinajstić information content (AvgIpc) is 2.28. The van der Waals surface area contributed by atoms with Crippen LogP contribution in [0.2, 0.25) is 5.02 Å². The zero-order valence-corrected chi connectivity index (χ0v) is 11.8. The fraction of sp³-hybridized carbons (Fsp3) is 0.571. The first-order chi connectivity index (χ1) is 8.04. The summed E-state index contributed by atoms with van der Waals surface area (Å²) in [6, 6.07) is 6.22. The maximum Gasteiger partial charge on any atom is 0.0455 e. The summed E-state index contributed by atoms with van der Waals surface area (Å²) in [6.45, 7) is 9.09. The van der Waals surface area contributed by atoms with E-state index in [1.54, 1.807) is 0 Å². The fourth-order valence-electron chi connectivity index (χ4n) is 1.72. The maximum atomic E-state index is 6.16. The second-order valence-electron chi connectivity index (χ2n) is 4.89. The van der Waals surface area contributed by atoms with Gasteiger partial charge in [0.05, 0.1) is 0 Å². The number of halogens is 1. The number of nitrogens with zero attached hydrogens (tertiary/aromatic N) is 1. The molecule has 0 fully saturated rings. The first-order valence-corrected chi connectivity index (χ1v) is 6.63. The molecule has 0 saturated heterocycles. The van der Waals surface area contributed by atoms with Crippen molar-refractivity contribution in [1.82, 2.24) is 0 Å². The van der Waals surface area contributed by atoms with Gasteiger partial charge >= 0.3 is 0 Å². The summed E-state index contributed by atoms with van der Waals surface area (Å²) in [5.74, 6) is 0.705. The van der Waals surface area contributed by atoms with E-state index in [0.29, 0.717) is 12.5 Å². The van der Waals surface area contributed by atoms with Crippen molar-refractivity contribution in [3.8, 4) is 0 Å². The standard InChI is InChI=1S/C14H23ClN2/c1-11(2)6-8-17(9-7-16)13-5-4-12(3)14(15)10-13/h4-5,10-11H,6-9,16H2,1-3H3. The molecule has 3 heteroatoms. The Morgan fingerprint density at radius 3 is 2.53 bits per heavy atom. The minimum absolute atomic E-state index is 0.670. The summed E-state index contributed by atoms with van der Waals surface area (Å²) in [4.78, 5) is 2.31. The van der Waals surface area contributed by atoms with E-state index in [0.717, 1.165) is 23.7 Å². The smallest absolute Gasteiger partial charge is 0.0455 e. The normalized spacial score (nSPS) is 10.9. The van der Waals surface area contributed by atoms with Crippen LogP contribution in [0.3, 0.4) is 0 Å². The quantitative estimate of drug-likeness (QED) is 0.843. The summed E-state index contributed by atoms with van der Waals surface area (Å²) < 4.78 is 0. The van der Waals surface area contributed by atoms with Crippen molar-refractivity contribution in [2.45, 2.75) is 27.2 Å². The highest BCUT2D eigenvalue weighted by atomic mass is 35.5. The van der Waals surface area contributed by atoms with Gasteiger partial charge in [-0.2, -0.15) is 0 Å². The lowest BCUT2D eigenvalue weighted by molar-refractivity contribution is 0.573. The van der Waals surface area contributed by atoms with Gasteiger partial charge in [0, 0.05) is 30.3 Å². The van der Waals surface area contributed by atoms with Crippen molar-refractivity contribution >= 4 is 17.3 Å². The molecule has 0 aliphatic rings. The number of benzene rings is 1. The molecule has 96 valence electrons. The molecule has 0 bridgehead atoms. The Labute approximate surface area is 110 Å². The van der Waals surface area contributed by atoms with Crippen molar-refractivity contribution in [1.29, 1.82) is 0 Å². The highest BCUT2D eigenvalue weighted by molar-refractivity contribution is 6.31. The number of rotatable bonds is 6. The zero-order valence-electron chi connectivity index (χ0n) is 11.0. The molecule has 2 nitrogen and oxygen atoms in total. The SMILES string of the molecule is Cc1ccc(N(CCN)CCC(C)C)cc1Cl. The third-order valence-electron chi connectivity index (χ3n) is 2.90. The molecule has 1 rings (SSSR count). The molecule has 0 unspecified atom stereocenters. The number of nitrogens with two attached hydrogens (primary N) is 1. The zero-order chi connectivity index (χ0) is 12.8.